The summed E-state index contributed by atoms with van der Waals surface area (Å²) >= 11 is 0. The lowest BCUT2D eigenvalue weighted by atomic mass is 9.97. The zero-order valence-corrected chi connectivity index (χ0v) is 27.4. The molecule has 0 aliphatic carbocycles. The summed E-state index contributed by atoms with van der Waals surface area (Å²) in [6.07, 6.45) is 0.529. The number of carbonyl (C=O) groups excluding carboxylic acids is 1. The van der Waals surface area contributed by atoms with Crippen molar-refractivity contribution in [3.05, 3.63) is 41.9 Å². The van der Waals surface area contributed by atoms with E-state index in [1.54, 1.807) is 32.3 Å². The van der Waals surface area contributed by atoms with E-state index in [9.17, 15) is 26.4 Å². The minimum Gasteiger partial charge on any atom is -0.350 e. The summed E-state index contributed by atoms with van der Waals surface area (Å²) < 4.78 is 70.7. The van der Waals surface area contributed by atoms with Crippen molar-refractivity contribution in [2.24, 2.45) is 13.0 Å². The van der Waals surface area contributed by atoms with Gasteiger partial charge in [-0.15, -0.1) is 0 Å². The number of nitrogens with one attached hydrogen (secondary N) is 1. The molecule has 1 amide bonds. The molecular formula is C28H40F3N7O3S2. The van der Waals surface area contributed by atoms with Crippen molar-refractivity contribution in [1.82, 2.24) is 29.3 Å². The Bertz CT molecular complexity index is 1620. The Balaban J connectivity index is 1.75. The van der Waals surface area contributed by atoms with Crippen LogP contribution >= 0.6 is 10.0 Å². The van der Waals surface area contributed by atoms with E-state index in [1.165, 1.54) is 21.6 Å². The molecule has 1 N–H and O–H groups in total. The maximum Gasteiger partial charge on any atom is 0.389 e. The monoisotopic (exact) mass is 643 g/mol. The average molecular weight is 644 g/mol. The van der Waals surface area contributed by atoms with Gasteiger partial charge in [-0.3, -0.25) is 9.48 Å². The lowest BCUT2D eigenvalue weighted by molar-refractivity contribution is -0.129. The molecule has 1 aliphatic rings. The van der Waals surface area contributed by atoms with E-state index in [0.717, 1.165) is 6.42 Å². The molecule has 2 atom stereocenters. The van der Waals surface area contributed by atoms with Gasteiger partial charge in [0.25, 0.3) is 15.9 Å². The largest absolute Gasteiger partial charge is 0.389 e. The number of nitrogens with zero attached hydrogens (tertiary/aromatic N) is 6. The Kier molecular flexibility index (Phi) is 8.75. The van der Waals surface area contributed by atoms with Crippen LogP contribution in [0.1, 0.15) is 63.5 Å². The summed E-state index contributed by atoms with van der Waals surface area (Å²) in [7, 11) is -4.53. The highest BCUT2D eigenvalue weighted by Gasteiger charge is 2.40. The van der Waals surface area contributed by atoms with Crippen LogP contribution in [0.2, 0.25) is 0 Å². The minimum absolute atomic E-state index is 0.0340. The van der Waals surface area contributed by atoms with Gasteiger partial charge < -0.3 is 4.90 Å². The molecule has 4 heterocycles. The predicted molar refractivity (Wildman–Crippen MR) is 162 cm³/mol. The number of rotatable bonds is 9. The second-order valence-corrected chi connectivity index (χ2v) is 18.1. The Morgan fingerprint density at radius 2 is 1.86 bits per heavy atom. The van der Waals surface area contributed by atoms with Crippen LogP contribution in [0.4, 0.5) is 19.0 Å². The van der Waals surface area contributed by atoms with Gasteiger partial charge in [-0.05, 0) is 68.6 Å². The lowest BCUT2D eigenvalue weighted by Crippen LogP contribution is -2.41. The number of aromatic nitrogens is 5. The first-order valence-corrected chi connectivity index (χ1v) is 17.7. The van der Waals surface area contributed by atoms with E-state index >= 15 is 0 Å². The van der Waals surface area contributed by atoms with Crippen molar-refractivity contribution < 1.29 is 26.4 Å². The van der Waals surface area contributed by atoms with Crippen molar-refractivity contribution in [2.45, 2.75) is 81.3 Å². The first kappa shape index (κ1) is 32.8. The van der Waals surface area contributed by atoms with E-state index in [0.29, 0.717) is 29.1 Å². The quantitative estimate of drug-likeness (QED) is 0.341. The number of pyridine rings is 1. The second kappa shape index (κ2) is 11.5. The van der Waals surface area contributed by atoms with Crippen LogP contribution in [0, 0.1) is 12.8 Å². The topological polar surface area (TPSA) is 115 Å². The fourth-order valence-corrected chi connectivity index (χ4v) is 9.23. The summed E-state index contributed by atoms with van der Waals surface area (Å²) in [5.74, 6) is 0.0838. The number of halogens is 3. The van der Waals surface area contributed by atoms with Crippen LogP contribution in [0.25, 0.3) is 5.82 Å². The van der Waals surface area contributed by atoms with Crippen molar-refractivity contribution >= 4 is 31.8 Å². The smallest absolute Gasteiger partial charge is 0.350 e. The molecule has 1 unspecified atom stereocenters. The molecule has 43 heavy (non-hydrogen) atoms. The van der Waals surface area contributed by atoms with Gasteiger partial charge in [0.1, 0.15) is 15.7 Å². The van der Waals surface area contributed by atoms with E-state index in [1.807, 2.05) is 38.9 Å². The minimum atomic E-state index is -4.26. The number of sulfonamides is 1. The summed E-state index contributed by atoms with van der Waals surface area (Å²) in [5.41, 5.74) is -0.0518. The Morgan fingerprint density at radius 3 is 2.40 bits per heavy atom. The molecule has 4 rings (SSSR count). The molecule has 3 aromatic rings. The molecule has 0 bridgehead atoms. The van der Waals surface area contributed by atoms with E-state index in [2.05, 4.69) is 21.8 Å². The molecule has 238 valence electrons. The molecule has 1 aliphatic heterocycles. The number of aryl methyl sites for hydroxylation is 2. The third kappa shape index (κ3) is 6.87. The molecule has 0 spiro atoms. The molecule has 0 saturated carbocycles. The number of hydrogen-bond donors (Lipinski definition) is 1. The average Bonchev–Trinajstić information content (AvgIpc) is 3.58. The first-order valence-electron chi connectivity index (χ1n) is 14.0. The highest BCUT2D eigenvalue weighted by Crippen LogP contribution is 2.57. The van der Waals surface area contributed by atoms with Gasteiger partial charge in [-0.25, -0.2) is 22.8 Å². The number of carbonyl (C=O) groups is 1. The van der Waals surface area contributed by atoms with E-state index in [4.69, 9.17) is 4.98 Å². The second-order valence-electron chi connectivity index (χ2n) is 12.3. The van der Waals surface area contributed by atoms with Crippen LogP contribution < -0.4 is 9.62 Å². The van der Waals surface area contributed by atoms with Gasteiger partial charge in [-0.2, -0.15) is 33.4 Å². The van der Waals surface area contributed by atoms with Gasteiger partial charge in [0.15, 0.2) is 5.82 Å². The van der Waals surface area contributed by atoms with Crippen LogP contribution in [0.3, 0.4) is 0 Å². The number of amides is 1. The number of alkyl halides is 3. The molecule has 15 heteroatoms. The Hall–Kier alpha value is -3.07. The van der Waals surface area contributed by atoms with Crippen molar-refractivity contribution in [1.29, 1.82) is 0 Å². The fraction of sp³-hybridized carbons (Fsp3) is 0.571. The van der Waals surface area contributed by atoms with Crippen molar-refractivity contribution in [3.63, 3.8) is 0 Å². The van der Waals surface area contributed by atoms with Crippen LogP contribution in [0.15, 0.2) is 40.5 Å². The highest BCUT2D eigenvalue weighted by atomic mass is 32.3. The molecular weight excluding hydrogens is 603 g/mol. The first-order chi connectivity index (χ1) is 19.7. The van der Waals surface area contributed by atoms with Crippen molar-refractivity contribution in [3.8, 4) is 5.82 Å². The van der Waals surface area contributed by atoms with Crippen LogP contribution in [-0.4, -0.2) is 74.4 Å². The lowest BCUT2D eigenvalue weighted by Gasteiger charge is -2.38. The molecule has 0 aromatic carbocycles. The van der Waals surface area contributed by atoms with Crippen LogP contribution in [-0.2, 0) is 17.1 Å². The zero-order chi connectivity index (χ0) is 32.1. The standard InChI is InChI=1S/C28H40F3N7O3S2/c1-18(2)42(8,14-12-28(29,30)31)24-11-13-38(34-24)23-10-9-21(25(32-23)37-16-19(3)15-27(37,5)6)26(39)35-43(40,41)22-17-36(7)33-20(22)4/h9-11,13,17-19H,12,14-16H2,1-8H3,(H,35,39)/t19-/m0/s1. The van der Waals surface area contributed by atoms with E-state index in [-0.39, 0.29) is 32.7 Å². The summed E-state index contributed by atoms with van der Waals surface area (Å²) in [6, 6.07) is 4.80. The molecule has 0 radical (unpaired) electrons. The number of anilines is 1. The van der Waals surface area contributed by atoms with Gasteiger partial charge in [0.2, 0.25) is 0 Å². The number of hydrogen-bond acceptors (Lipinski definition) is 7. The maximum atomic E-state index is 13.5. The molecule has 3 aromatic heterocycles. The molecule has 10 nitrogen and oxygen atoms in total. The molecule has 1 fully saturated rings. The zero-order valence-electron chi connectivity index (χ0n) is 25.7. The van der Waals surface area contributed by atoms with Crippen LogP contribution in [0.5, 0.6) is 0 Å². The third-order valence-corrected chi connectivity index (χ3v) is 13.8. The predicted octanol–water partition coefficient (Wildman–Crippen LogP) is 5.21. The normalized spacial score (nSPS) is 19.4. The van der Waals surface area contributed by atoms with Gasteiger partial charge >= 0.3 is 6.18 Å². The Labute approximate surface area is 252 Å². The van der Waals surface area contributed by atoms with Gasteiger partial charge in [0.05, 0.1) is 17.7 Å². The Morgan fingerprint density at radius 1 is 1.19 bits per heavy atom. The SMILES string of the molecule is Cc1nn(C)cc1S(=O)(=O)NC(=O)c1ccc(-n2ccc(S(C)(CCC(F)(F)F)C(C)C)n2)nc1N1C[C@@H](C)CC1(C)C. The van der Waals surface area contributed by atoms with Gasteiger partial charge in [-0.1, -0.05) is 20.8 Å². The molecule has 1 saturated heterocycles. The fourth-order valence-electron chi connectivity index (χ4n) is 5.58. The van der Waals surface area contributed by atoms with Crippen molar-refractivity contribution in [2.75, 3.05) is 23.5 Å². The maximum absolute atomic E-state index is 13.5. The summed E-state index contributed by atoms with van der Waals surface area (Å²) in [5, 5.41) is 9.30. The summed E-state index contributed by atoms with van der Waals surface area (Å²) in [4.78, 5) is 20.2. The highest BCUT2D eigenvalue weighted by molar-refractivity contribution is 8.33. The third-order valence-electron chi connectivity index (χ3n) is 8.05. The van der Waals surface area contributed by atoms with E-state index < -0.39 is 38.6 Å². The summed E-state index contributed by atoms with van der Waals surface area (Å²) in [6.45, 7) is 12.1. The van der Waals surface area contributed by atoms with Gasteiger partial charge in [0, 0.05) is 31.5 Å².